The second-order valence-corrected chi connectivity index (χ2v) is 5.34. The maximum Gasteiger partial charge on any atom is 0.116 e. The summed E-state index contributed by atoms with van der Waals surface area (Å²) >= 11 is 0. The van der Waals surface area contributed by atoms with Crippen molar-refractivity contribution in [1.29, 1.82) is 0 Å². The van der Waals surface area contributed by atoms with Gasteiger partial charge in [0.1, 0.15) is 11.5 Å². The topological polar surface area (TPSA) is 40.5 Å². The molecule has 0 atom stereocenters. The lowest BCUT2D eigenvalue weighted by molar-refractivity contribution is 0.474. The number of phenolic OH excluding ortho intramolecular Hbond substituents is 2. The van der Waals surface area contributed by atoms with Crippen LogP contribution < -0.4 is 0 Å². The van der Waals surface area contributed by atoms with Crippen LogP contribution in [0.15, 0.2) is 54.1 Å². The molecule has 0 heterocycles. The fourth-order valence-electron chi connectivity index (χ4n) is 2.01. The van der Waals surface area contributed by atoms with Gasteiger partial charge in [0.25, 0.3) is 0 Å². The van der Waals surface area contributed by atoms with Gasteiger partial charge in [-0.25, -0.2) is 0 Å². The molecule has 0 aromatic heterocycles. The highest BCUT2D eigenvalue weighted by Crippen LogP contribution is 2.19. The van der Waals surface area contributed by atoms with Crippen molar-refractivity contribution >= 4 is 12.2 Å². The fraction of sp³-hybridized carbons (Fsp3) is 0.158. The van der Waals surface area contributed by atoms with E-state index in [1.54, 1.807) is 24.3 Å². The molecule has 0 spiro atoms. The highest BCUT2D eigenvalue weighted by atomic mass is 16.3. The third-order valence-corrected chi connectivity index (χ3v) is 3.11. The molecule has 21 heavy (non-hydrogen) atoms. The minimum Gasteiger partial charge on any atom is -0.508 e. The predicted octanol–water partition coefficient (Wildman–Crippen LogP) is 4.78. The number of phenols is 2. The van der Waals surface area contributed by atoms with Gasteiger partial charge in [0.05, 0.1) is 0 Å². The molecule has 2 nitrogen and oxygen atoms in total. The Bertz CT molecular complexity index is 660. The molecule has 0 aliphatic rings. The Balaban J connectivity index is 2.19. The predicted molar refractivity (Wildman–Crippen MR) is 88.3 cm³/mol. The molecular formula is C19H20O2. The third-order valence-electron chi connectivity index (χ3n) is 3.11. The van der Waals surface area contributed by atoms with E-state index < -0.39 is 0 Å². The van der Waals surface area contributed by atoms with E-state index >= 15 is 0 Å². The number of hydrogen-bond acceptors (Lipinski definition) is 2. The summed E-state index contributed by atoms with van der Waals surface area (Å²) in [5, 5.41) is 19.1. The largest absolute Gasteiger partial charge is 0.508 e. The Hall–Kier alpha value is -2.48. The molecule has 0 fully saturated rings. The summed E-state index contributed by atoms with van der Waals surface area (Å²) in [7, 11) is 0. The number of allylic oxidation sites excluding steroid dienone is 2. The lowest BCUT2D eigenvalue weighted by Gasteiger charge is -2.03. The first-order valence-electron chi connectivity index (χ1n) is 6.96. The summed E-state index contributed by atoms with van der Waals surface area (Å²) in [4.78, 5) is 0. The van der Waals surface area contributed by atoms with Crippen LogP contribution in [0.5, 0.6) is 11.5 Å². The van der Waals surface area contributed by atoms with Crippen molar-refractivity contribution in [3.63, 3.8) is 0 Å². The Morgan fingerprint density at radius 1 is 0.857 bits per heavy atom. The van der Waals surface area contributed by atoms with Gasteiger partial charge in [-0.1, -0.05) is 42.0 Å². The van der Waals surface area contributed by atoms with Crippen LogP contribution in [0.4, 0.5) is 0 Å². The van der Waals surface area contributed by atoms with Crippen molar-refractivity contribution in [3.8, 4) is 11.5 Å². The SMILES string of the molecule is CC(C)=CCc1cc(O)cc(/C=C/c2ccc(O)cc2)c1. The highest BCUT2D eigenvalue weighted by molar-refractivity contribution is 5.70. The number of rotatable bonds is 4. The van der Waals surface area contributed by atoms with Crippen LogP contribution in [0, 0.1) is 0 Å². The molecular weight excluding hydrogens is 260 g/mol. The molecule has 0 amide bonds. The van der Waals surface area contributed by atoms with Gasteiger partial charge in [-0.3, -0.25) is 0 Å². The van der Waals surface area contributed by atoms with Gasteiger partial charge in [-0.05, 0) is 61.2 Å². The van der Waals surface area contributed by atoms with Crippen molar-refractivity contribution in [2.75, 3.05) is 0 Å². The van der Waals surface area contributed by atoms with Gasteiger partial charge in [0, 0.05) is 0 Å². The Kier molecular flexibility index (Phi) is 4.83. The lowest BCUT2D eigenvalue weighted by Crippen LogP contribution is -1.84. The van der Waals surface area contributed by atoms with Crippen LogP contribution in [0.2, 0.25) is 0 Å². The molecule has 2 aromatic rings. The van der Waals surface area contributed by atoms with Crippen LogP contribution in [0.1, 0.15) is 30.5 Å². The molecule has 0 aliphatic heterocycles. The molecule has 2 heteroatoms. The van der Waals surface area contributed by atoms with Crippen LogP contribution >= 0.6 is 0 Å². The van der Waals surface area contributed by atoms with E-state index in [1.807, 2.05) is 24.3 Å². The molecule has 0 bridgehead atoms. The molecule has 2 N–H and O–H groups in total. The molecule has 2 aromatic carbocycles. The first kappa shape index (κ1) is 14.9. The molecule has 0 aliphatic carbocycles. The zero-order valence-corrected chi connectivity index (χ0v) is 12.4. The highest BCUT2D eigenvalue weighted by Gasteiger charge is 1.98. The van der Waals surface area contributed by atoms with E-state index in [4.69, 9.17) is 0 Å². The molecule has 0 saturated heterocycles. The smallest absolute Gasteiger partial charge is 0.116 e. The molecule has 108 valence electrons. The first-order valence-corrected chi connectivity index (χ1v) is 6.96. The zero-order valence-electron chi connectivity index (χ0n) is 12.4. The van der Waals surface area contributed by atoms with E-state index in [2.05, 4.69) is 26.0 Å². The van der Waals surface area contributed by atoms with Gasteiger partial charge < -0.3 is 10.2 Å². The standard InChI is InChI=1S/C19H20O2/c1-14(2)3-4-16-11-17(13-19(21)12-16)6-5-15-7-9-18(20)10-8-15/h3,5-13,20-21H,4H2,1-2H3/b6-5+. The molecule has 0 saturated carbocycles. The van der Waals surface area contributed by atoms with E-state index in [0.29, 0.717) is 0 Å². The van der Waals surface area contributed by atoms with Crippen molar-refractivity contribution in [1.82, 2.24) is 0 Å². The summed E-state index contributed by atoms with van der Waals surface area (Å²) in [6.45, 7) is 4.13. The number of benzene rings is 2. The van der Waals surface area contributed by atoms with Crippen molar-refractivity contribution in [2.45, 2.75) is 20.3 Å². The van der Waals surface area contributed by atoms with Crippen molar-refractivity contribution in [3.05, 3.63) is 70.8 Å². The quantitative estimate of drug-likeness (QED) is 0.625. The van der Waals surface area contributed by atoms with Gasteiger partial charge in [0.15, 0.2) is 0 Å². The van der Waals surface area contributed by atoms with Crippen LogP contribution in [0.3, 0.4) is 0 Å². The summed E-state index contributed by atoms with van der Waals surface area (Å²) in [6.07, 6.45) is 6.87. The van der Waals surface area contributed by atoms with Crippen LogP contribution in [-0.2, 0) is 6.42 Å². The van der Waals surface area contributed by atoms with E-state index in [0.717, 1.165) is 23.1 Å². The van der Waals surface area contributed by atoms with Crippen molar-refractivity contribution in [2.24, 2.45) is 0 Å². The summed E-state index contributed by atoms with van der Waals surface area (Å²) < 4.78 is 0. The van der Waals surface area contributed by atoms with Gasteiger partial charge in [0.2, 0.25) is 0 Å². The maximum atomic E-state index is 9.81. The lowest BCUT2D eigenvalue weighted by atomic mass is 10.0. The Labute approximate surface area is 125 Å². The van der Waals surface area contributed by atoms with E-state index in [1.165, 1.54) is 5.57 Å². The third kappa shape index (κ3) is 4.84. The van der Waals surface area contributed by atoms with Crippen molar-refractivity contribution < 1.29 is 10.2 Å². The normalized spacial score (nSPS) is 10.8. The fourth-order valence-corrected chi connectivity index (χ4v) is 2.01. The average molecular weight is 280 g/mol. The summed E-state index contributed by atoms with van der Waals surface area (Å²) in [5.74, 6) is 0.536. The van der Waals surface area contributed by atoms with E-state index in [9.17, 15) is 10.2 Å². The second kappa shape index (κ2) is 6.80. The first-order chi connectivity index (χ1) is 10.0. The Morgan fingerprint density at radius 2 is 1.52 bits per heavy atom. The monoisotopic (exact) mass is 280 g/mol. The molecule has 2 rings (SSSR count). The van der Waals surface area contributed by atoms with E-state index in [-0.39, 0.29) is 11.5 Å². The average Bonchev–Trinajstić information content (AvgIpc) is 2.44. The summed E-state index contributed by atoms with van der Waals surface area (Å²) in [6, 6.07) is 12.6. The zero-order chi connectivity index (χ0) is 15.2. The molecule has 0 unspecified atom stereocenters. The minimum absolute atomic E-state index is 0.258. The number of hydrogen-bond donors (Lipinski definition) is 2. The number of aromatic hydroxyl groups is 2. The van der Waals surface area contributed by atoms with Gasteiger partial charge in [-0.2, -0.15) is 0 Å². The van der Waals surface area contributed by atoms with Gasteiger partial charge >= 0.3 is 0 Å². The summed E-state index contributed by atoms with van der Waals surface area (Å²) in [5.41, 5.74) is 4.31. The van der Waals surface area contributed by atoms with Crippen LogP contribution in [-0.4, -0.2) is 10.2 Å². The Morgan fingerprint density at radius 3 is 2.19 bits per heavy atom. The maximum absolute atomic E-state index is 9.81. The molecule has 0 radical (unpaired) electrons. The minimum atomic E-state index is 0.258. The van der Waals surface area contributed by atoms with Gasteiger partial charge in [-0.15, -0.1) is 0 Å². The van der Waals surface area contributed by atoms with Crippen LogP contribution in [0.25, 0.3) is 12.2 Å². The second-order valence-electron chi connectivity index (χ2n) is 5.34.